The zero-order chi connectivity index (χ0) is 10.7. The summed E-state index contributed by atoms with van der Waals surface area (Å²) in [5.74, 6) is 0.819. The van der Waals surface area contributed by atoms with Crippen LogP contribution in [0.2, 0.25) is 0 Å². The van der Waals surface area contributed by atoms with Crippen LogP contribution in [0, 0.1) is 5.92 Å². The van der Waals surface area contributed by atoms with Gasteiger partial charge in [0.2, 0.25) is 0 Å². The molecule has 0 unspecified atom stereocenters. The lowest BCUT2D eigenvalue weighted by Gasteiger charge is -2.20. The van der Waals surface area contributed by atoms with Crippen LogP contribution >= 0.6 is 11.8 Å². The fraction of sp³-hybridized carbons (Fsp3) is 0.538. The van der Waals surface area contributed by atoms with Gasteiger partial charge in [-0.25, -0.2) is 0 Å². The molecule has 0 bridgehead atoms. The number of para-hydroxylation sites is 1. The maximum absolute atomic E-state index is 3.69. The van der Waals surface area contributed by atoms with Crippen molar-refractivity contribution in [2.24, 2.45) is 5.92 Å². The van der Waals surface area contributed by atoms with E-state index in [9.17, 15) is 0 Å². The van der Waals surface area contributed by atoms with Crippen molar-refractivity contribution < 1.29 is 0 Å². The van der Waals surface area contributed by atoms with Crippen molar-refractivity contribution in [3.8, 4) is 0 Å². The Labute approximate surface area is 96.7 Å². The average Bonchev–Trinajstić information content (AvgIpc) is 2.65. The highest BCUT2D eigenvalue weighted by atomic mass is 32.2. The molecule has 1 N–H and O–H groups in total. The number of anilines is 1. The van der Waals surface area contributed by atoms with Crippen LogP contribution in [0.4, 0.5) is 5.69 Å². The number of benzene rings is 1. The van der Waals surface area contributed by atoms with Crippen molar-refractivity contribution >= 4 is 17.4 Å². The molecule has 1 aromatic carbocycles. The largest absolute Gasteiger partial charge is 0.381 e. The number of rotatable bonds is 3. The first kappa shape index (κ1) is 10.9. The lowest BCUT2D eigenvalue weighted by molar-refractivity contribution is 0.555. The van der Waals surface area contributed by atoms with Crippen LogP contribution in [0.5, 0.6) is 0 Å². The first-order valence-corrected chi connectivity index (χ1v) is 6.93. The van der Waals surface area contributed by atoms with E-state index in [-0.39, 0.29) is 0 Å². The normalized spacial score (nSPS) is 25.5. The van der Waals surface area contributed by atoms with Gasteiger partial charge in [-0.1, -0.05) is 25.5 Å². The summed E-state index contributed by atoms with van der Waals surface area (Å²) >= 11 is 1.82. The van der Waals surface area contributed by atoms with Crippen molar-refractivity contribution in [3.63, 3.8) is 0 Å². The summed E-state index contributed by atoms with van der Waals surface area (Å²) in [5.41, 5.74) is 1.31. The van der Waals surface area contributed by atoms with Gasteiger partial charge in [-0.15, -0.1) is 11.8 Å². The van der Waals surface area contributed by atoms with Gasteiger partial charge in [-0.3, -0.25) is 0 Å². The van der Waals surface area contributed by atoms with Crippen LogP contribution in [0.1, 0.15) is 26.2 Å². The number of thioether (sulfide) groups is 1. The molecule has 0 saturated heterocycles. The second-order valence-electron chi connectivity index (χ2n) is 4.36. The minimum Gasteiger partial charge on any atom is -0.381 e. The molecule has 0 radical (unpaired) electrons. The van der Waals surface area contributed by atoms with Crippen molar-refractivity contribution in [1.29, 1.82) is 0 Å². The first-order valence-electron chi connectivity index (χ1n) is 5.71. The van der Waals surface area contributed by atoms with Gasteiger partial charge in [0.05, 0.1) is 0 Å². The summed E-state index contributed by atoms with van der Waals surface area (Å²) in [7, 11) is 0. The standard InChI is InChI=1S/C13H19NS/c1-10-6-5-8-11(10)14-12-7-3-4-9-13(12)15-2/h3-4,7,9-11,14H,5-6,8H2,1-2H3/t10-,11-/m1/s1. The highest BCUT2D eigenvalue weighted by Crippen LogP contribution is 2.31. The van der Waals surface area contributed by atoms with E-state index in [0.29, 0.717) is 6.04 Å². The van der Waals surface area contributed by atoms with Crippen LogP contribution in [-0.4, -0.2) is 12.3 Å². The summed E-state index contributed by atoms with van der Waals surface area (Å²) in [4.78, 5) is 1.36. The average molecular weight is 221 g/mol. The van der Waals surface area contributed by atoms with Crippen LogP contribution in [0.3, 0.4) is 0 Å². The third-order valence-electron chi connectivity index (χ3n) is 3.31. The van der Waals surface area contributed by atoms with Gasteiger partial charge in [0.25, 0.3) is 0 Å². The fourth-order valence-electron chi connectivity index (χ4n) is 2.32. The van der Waals surface area contributed by atoms with Crippen molar-refractivity contribution in [2.75, 3.05) is 11.6 Å². The zero-order valence-corrected chi connectivity index (χ0v) is 10.3. The topological polar surface area (TPSA) is 12.0 Å². The maximum atomic E-state index is 3.69. The molecule has 0 amide bonds. The highest BCUT2D eigenvalue weighted by Gasteiger charge is 2.23. The maximum Gasteiger partial charge on any atom is 0.0480 e. The molecule has 1 nitrogen and oxygen atoms in total. The van der Waals surface area contributed by atoms with E-state index in [1.807, 2.05) is 11.8 Å². The first-order chi connectivity index (χ1) is 7.31. The Morgan fingerprint density at radius 3 is 2.73 bits per heavy atom. The molecule has 82 valence electrons. The molecule has 2 atom stereocenters. The van der Waals surface area contributed by atoms with E-state index in [2.05, 4.69) is 42.8 Å². The third-order valence-corrected chi connectivity index (χ3v) is 4.11. The number of hydrogen-bond donors (Lipinski definition) is 1. The molecule has 0 aliphatic heterocycles. The van der Waals surface area contributed by atoms with Gasteiger partial charge in [-0.05, 0) is 37.1 Å². The highest BCUT2D eigenvalue weighted by molar-refractivity contribution is 7.98. The Balaban J connectivity index is 2.09. The molecule has 1 aromatic rings. The Hall–Kier alpha value is -0.630. The second-order valence-corrected chi connectivity index (χ2v) is 5.21. The molecular formula is C13H19NS. The molecule has 0 aromatic heterocycles. The molecule has 1 aliphatic carbocycles. The summed E-state index contributed by atoms with van der Waals surface area (Å²) < 4.78 is 0. The lowest BCUT2D eigenvalue weighted by atomic mass is 10.1. The van der Waals surface area contributed by atoms with E-state index in [1.54, 1.807) is 0 Å². The summed E-state index contributed by atoms with van der Waals surface area (Å²) in [5, 5.41) is 3.69. The van der Waals surface area contributed by atoms with Crippen molar-refractivity contribution in [1.82, 2.24) is 0 Å². The van der Waals surface area contributed by atoms with Gasteiger partial charge < -0.3 is 5.32 Å². The lowest BCUT2D eigenvalue weighted by Crippen LogP contribution is -2.22. The monoisotopic (exact) mass is 221 g/mol. The van der Waals surface area contributed by atoms with Crippen LogP contribution in [0.15, 0.2) is 29.2 Å². The quantitative estimate of drug-likeness (QED) is 0.774. The Morgan fingerprint density at radius 2 is 2.07 bits per heavy atom. The van der Waals surface area contributed by atoms with E-state index < -0.39 is 0 Å². The second kappa shape index (κ2) is 4.93. The van der Waals surface area contributed by atoms with E-state index >= 15 is 0 Å². The van der Waals surface area contributed by atoms with Crippen LogP contribution in [0.25, 0.3) is 0 Å². The smallest absolute Gasteiger partial charge is 0.0480 e. The number of hydrogen-bond acceptors (Lipinski definition) is 2. The summed E-state index contributed by atoms with van der Waals surface area (Å²) in [6.07, 6.45) is 6.21. The summed E-state index contributed by atoms with van der Waals surface area (Å²) in [6, 6.07) is 9.28. The molecule has 1 saturated carbocycles. The molecule has 0 spiro atoms. The summed E-state index contributed by atoms with van der Waals surface area (Å²) in [6.45, 7) is 2.35. The minimum absolute atomic E-state index is 0.679. The fourth-order valence-corrected chi connectivity index (χ4v) is 2.89. The Kier molecular flexibility index (Phi) is 3.57. The van der Waals surface area contributed by atoms with Crippen molar-refractivity contribution in [3.05, 3.63) is 24.3 Å². The molecule has 15 heavy (non-hydrogen) atoms. The molecular weight excluding hydrogens is 202 g/mol. The van der Waals surface area contributed by atoms with Gasteiger partial charge in [0.15, 0.2) is 0 Å². The predicted octanol–water partition coefficient (Wildman–Crippen LogP) is 4.01. The van der Waals surface area contributed by atoms with Crippen LogP contribution in [-0.2, 0) is 0 Å². The molecule has 0 heterocycles. The minimum atomic E-state index is 0.679. The molecule has 2 rings (SSSR count). The molecule has 2 heteroatoms. The zero-order valence-electron chi connectivity index (χ0n) is 9.49. The van der Waals surface area contributed by atoms with E-state index in [1.165, 1.54) is 29.8 Å². The van der Waals surface area contributed by atoms with Gasteiger partial charge in [0, 0.05) is 16.6 Å². The Morgan fingerprint density at radius 1 is 1.27 bits per heavy atom. The van der Waals surface area contributed by atoms with Crippen molar-refractivity contribution in [2.45, 2.75) is 37.1 Å². The van der Waals surface area contributed by atoms with Gasteiger partial charge in [0.1, 0.15) is 0 Å². The SMILES string of the molecule is CSc1ccccc1N[C@@H]1CCC[C@H]1C. The molecule has 1 aliphatic rings. The van der Waals surface area contributed by atoms with E-state index in [0.717, 1.165) is 5.92 Å². The Bertz CT molecular complexity index is 324. The van der Waals surface area contributed by atoms with Gasteiger partial charge >= 0.3 is 0 Å². The van der Waals surface area contributed by atoms with E-state index in [4.69, 9.17) is 0 Å². The van der Waals surface area contributed by atoms with Crippen LogP contribution < -0.4 is 5.32 Å². The molecule has 1 fully saturated rings. The number of nitrogens with one attached hydrogen (secondary N) is 1. The van der Waals surface area contributed by atoms with Gasteiger partial charge in [-0.2, -0.15) is 0 Å². The predicted molar refractivity (Wildman–Crippen MR) is 68.6 cm³/mol. The third kappa shape index (κ3) is 2.49.